The van der Waals surface area contributed by atoms with Crippen molar-refractivity contribution in [3.63, 3.8) is 0 Å². The molecule has 0 bridgehead atoms. The predicted octanol–water partition coefficient (Wildman–Crippen LogP) is 2.83. The zero-order valence-electron chi connectivity index (χ0n) is 11.3. The molecule has 5 heteroatoms. The molecule has 20 heavy (non-hydrogen) atoms. The second kappa shape index (κ2) is 5.26. The van der Waals surface area contributed by atoms with Gasteiger partial charge in [0.05, 0.1) is 0 Å². The SMILES string of the molecule is O=C(O)C1(Nc2ccc(Cl)cc2)CCN2CCCC2C1. The average Bonchev–Trinajstić information content (AvgIpc) is 2.88. The summed E-state index contributed by atoms with van der Waals surface area (Å²) in [7, 11) is 0. The fraction of sp³-hybridized carbons (Fsp3) is 0.533. The van der Waals surface area contributed by atoms with E-state index in [4.69, 9.17) is 11.6 Å². The van der Waals surface area contributed by atoms with Crippen LogP contribution >= 0.6 is 11.6 Å². The standard InChI is InChI=1S/C15H19ClN2O2/c16-11-3-5-12(6-4-11)17-15(14(19)20)7-9-18-8-1-2-13(18)10-15/h3-6,13,17H,1-2,7-10H2,(H,19,20). The van der Waals surface area contributed by atoms with Gasteiger partial charge in [-0.25, -0.2) is 4.79 Å². The van der Waals surface area contributed by atoms with Crippen LogP contribution in [0.15, 0.2) is 24.3 Å². The largest absolute Gasteiger partial charge is 0.480 e. The Kier molecular flexibility index (Phi) is 3.61. The van der Waals surface area contributed by atoms with Crippen LogP contribution in [0.2, 0.25) is 5.02 Å². The third kappa shape index (κ3) is 2.50. The molecule has 1 aromatic rings. The highest BCUT2D eigenvalue weighted by Crippen LogP contribution is 2.35. The molecule has 108 valence electrons. The van der Waals surface area contributed by atoms with E-state index in [9.17, 15) is 9.90 Å². The Bertz CT molecular complexity index is 505. The second-order valence-electron chi connectivity index (χ2n) is 5.81. The third-order valence-electron chi connectivity index (χ3n) is 4.55. The molecule has 0 radical (unpaired) electrons. The second-order valence-corrected chi connectivity index (χ2v) is 6.24. The zero-order valence-corrected chi connectivity index (χ0v) is 12.1. The van der Waals surface area contributed by atoms with Crippen LogP contribution < -0.4 is 5.32 Å². The average molecular weight is 295 g/mol. The number of hydrogen-bond donors (Lipinski definition) is 2. The molecule has 0 saturated carbocycles. The molecule has 0 aliphatic carbocycles. The Morgan fingerprint density at radius 1 is 1.35 bits per heavy atom. The van der Waals surface area contributed by atoms with Crippen molar-refractivity contribution < 1.29 is 9.90 Å². The summed E-state index contributed by atoms with van der Waals surface area (Å²) in [5.74, 6) is -0.751. The summed E-state index contributed by atoms with van der Waals surface area (Å²) < 4.78 is 0. The van der Waals surface area contributed by atoms with Crippen LogP contribution in [0.5, 0.6) is 0 Å². The van der Waals surface area contributed by atoms with Gasteiger partial charge in [-0.1, -0.05) is 11.6 Å². The molecular formula is C15H19ClN2O2. The number of nitrogens with zero attached hydrogens (tertiary/aromatic N) is 1. The lowest BCUT2D eigenvalue weighted by atomic mass is 9.83. The van der Waals surface area contributed by atoms with Crippen LogP contribution in [0, 0.1) is 0 Å². The number of benzene rings is 1. The fourth-order valence-corrected chi connectivity index (χ4v) is 3.56. The maximum absolute atomic E-state index is 11.8. The van der Waals surface area contributed by atoms with Gasteiger partial charge in [-0.05, 0) is 56.5 Å². The normalized spacial score (nSPS) is 29.9. The van der Waals surface area contributed by atoms with Gasteiger partial charge in [0.15, 0.2) is 0 Å². The maximum atomic E-state index is 11.8. The Morgan fingerprint density at radius 3 is 2.80 bits per heavy atom. The fourth-order valence-electron chi connectivity index (χ4n) is 3.43. The number of aliphatic carboxylic acids is 1. The first-order valence-corrected chi connectivity index (χ1v) is 7.48. The van der Waals surface area contributed by atoms with Gasteiger partial charge in [0.2, 0.25) is 0 Å². The summed E-state index contributed by atoms with van der Waals surface area (Å²) in [4.78, 5) is 14.3. The summed E-state index contributed by atoms with van der Waals surface area (Å²) in [6.07, 6.45) is 3.60. The maximum Gasteiger partial charge on any atom is 0.329 e. The molecule has 0 amide bonds. The van der Waals surface area contributed by atoms with E-state index in [0.717, 1.165) is 25.2 Å². The molecule has 2 aliphatic heterocycles. The van der Waals surface area contributed by atoms with Gasteiger partial charge in [0, 0.05) is 23.3 Å². The summed E-state index contributed by atoms with van der Waals surface area (Å²) in [6.45, 7) is 1.97. The van der Waals surface area contributed by atoms with Crippen LogP contribution in [0.4, 0.5) is 5.69 Å². The Labute approximate surface area is 123 Å². The number of carboxylic acid groups (broad SMARTS) is 1. The highest BCUT2D eigenvalue weighted by atomic mass is 35.5. The lowest BCUT2D eigenvalue weighted by Gasteiger charge is -2.42. The number of carboxylic acids is 1. The molecule has 3 rings (SSSR count). The summed E-state index contributed by atoms with van der Waals surface area (Å²) >= 11 is 5.87. The molecule has 2 saturated heterocycles. The topological polar surface area (TPSA) is 52.6 Å². The number of halogens is 1. The van der Waals surface area contributed by atoms with Crippen molar-refractivity contribution in [1.82, 2.24) is 4.90 Å². The van der Waals surface area contributed by atoms with Gasteiger partial charge < -0.3 is 15.3 Å². The number of anilines is 1. The number of fused-ring (bicyclic) bond motifs is 1. The van der Waals surface area contributed by atoms with Crippen LogP contribution in [-0.2, 0) is 4.79 Å². The van der Waals surface area contributed by atoms with Crippen molar-refractivity contribution in [2.75, 3.05) is 18.4 Å². The lowest BCUT2D eigenvalue weighted by Crippen LogP contribution is -2.56. The number of piperidine rings is 1. The first kappa shape index (κ1) is 13.7. The number of carbonyl (C=O) groups is 1. The van der Waals surface area contributed by atoms with E-state index < -0.39 is 11.5 Å². The molecule has 2 atom stereocenters. The van der Waals surface area contributed by atoms with E-state index >= 15 is 0 Å². The quantitative estimate of drug-likeness (QED) is 0.900. The predicted molar refractivity (Wildman–Crippen MR) is 79.3 cm³/mol. The zero-order chi connectivity index (χ0) is 14.2. The van der Waals surface area contributed by atoms with Gasteiger partial charge in [-0.2, -0.15) is 0 Å². The molecule has 0 aromatic heterocycles. The van der Waals surface area contributed by atoms with Gasteiger partial charge in [-0.15, -0.1) is 0 Å². The minimum absolute atomic E-state index is 0.402. The summed E-state index contributed by atoms with van der Waals surface area (Å²) in [6, 6.07) is 7.65. The van der Waals surface area contributed by atoms with E-state index in [1.807, 2.05) is 12.1 Å². The molecule has 2 heterocycles. The van der Waals surface area contributed by atoms with Crippen molar-refractivity contribution in [1.29, 1.82) is 0 Å². The van der Waals surface area contributed by atoms with E-state index in [0.29, 0.717) is 23.9 Å². The number of rotatable bonds is 3. The Hall–Kier alpha value is -1.26. The van der Waals surface area contributed by atoms with E-state index in [1.54, 1.807) is 12.1 Å². The van der Waals surface area contributed by atoms with Crippen LogP contribution in [-0.4, -0.2) is 40.6 Å². The molecule has 2 aliphatic rings. The molecule has 1 aromatic carbocycles. The van der Waals surface area contributed by atoms with Gasteiger partial charge >= 0.3 is 5.97 Å². The first-order chi connectivity index (χ1) is 9.59. The van der Waals surface area contributed by atoms with Crippen LogP contribution in [0.1, 0.15) is 25.7 Å². The van der Waals surface area contributed by atoms with Crippen LogP contribution in [0.25, 0.3) is 0 Å². The van der Waals surface area contributed by atoms with E-state index in [-0.39, 0.29) is 0 Å². The molecule has 2 fully saturated rings. The van der Waals surface area contributed by atoms with Gasteiger partial charge in [-0.3, -0.25) is 0 Å². The molecule has 2 N–H and O–H groups in total. The third-order valence-corrected chi connectivity index (χ3v) is 4.80. The van der Waals surface area contributed by atoms with Gasteiger partial charge in [0.1, 0.15) is 5.54 Å². The number of hydrogen-bond acceptors (Lipinski definition) is 3. The van der Waals surface area contributed by atoms with Crippen molar-refractivity contribution in [2.24, 2.45) is 0 Å². The monoisotopic (exact) mass is 294 g/mol. The number of nitrogens with one attached hydrogen (secondary N) is 1. The van der Waals surface area contributed by atoms with Crippen molar-refractivity contribution >= 4 is 23.3 Å². The van der Waals surface area contributed by atoms with Crippen molar-refractivity contribution in [3.05, 3.63) is 29.3 Å². The lowest BCUT2D eigenvalue weighted by molar-refractivity contribution is -0.144. The Balaban J connectivity index is 1.81. The highest BCUT2D eigenvalue weighted by molar-refractivity contribution is 6.30. The molecule has 0 spiro atoms. The molecule has 4 nitrogen and oxygen atoms in total. The van der Waals surface area contributed by atoms with Crippen LogP contribution in [0.3, 0.4) is 0 Å². The Morgan fingerprint density at radius 2 is 2.10 bits per heavy atom. The van der Waals surface area contributed by atoms with E-state index in [2.05, 4.69) is 10.2 Å². The van der Waals surface area contributed by atoms with E-state index in [1.165, 1.54) is 6.42 Å². The smallest absolute Gasteiger partial charge is 0.329 e. The minimum Gasteiger partial charge on any atom is -0.480 e. The summed E-state index contributed by atoms with van der Waals surface area (Å²) in [5, 5.41) is 13.6. The first-order valence-electron chi connectivity index (χ1n) is 7.10. The molecule has 2 unspecified atom stereocenters. The van der Waals surface area contributed by atoms with Crippen molar-refractivity contribution in [2.45, 2.75) is 37.3 Å². The summed E-state index contributed by atoms with van der Waals surface area (Å²) in [5.41, 5.74) is -0.0254. The molecular weight excluding hydrogens is 276 g/mol. The highest BCUT2D eigenvalue weighted by Gasteiger charge is 2.46. The van der Waals surface area contributed by atoms with Crippen molar-refractivity contribution in [3.8, 4) is 0 Å². The van der Waals surface area contributed by atoms with Gasteiger partial charge in [0.25, 0.3) is 0 Å². The minimum atomic E-state index is -0.848.